The highest BCUT2D eigenvalue weighted by atomic mass is 19.4. The molecule has 0 atom stereocenters. The minimum absolute atomic E-state index is 0.0280. The second-order valence-electron chi connectivity index (χ2n) is 8.99. The highest BCUT2D eigenvalue weighted by Crippen LogP contribution is 2.24. The molecule has 0 aliphatic heterocycles. The SMILES string of the molecule is CC(C)(C)OC(=O)NCC(=O)NCc1cccnc1.NCC(=O)NCc1cccnc1.O=C(C(=O)C(F)(F)F)C(F)(F)F. The number of carbonyl (C=O) groups excluding carboxylic acids is 5. The van der Waals surface area contributed by atoms with Gasteiger partial charge in [0, 0.05) is 37.9 Å². The zero-order valence-corrected chi connectivity index (χ0v) is 23.1. The fraction of sp³-hybridized carbons (Fsp3) is 0.400. The summed E-state index contributed by atoms with van der Waals surface area (Å²) in [6.45, 7) is 6.06. The normalized spacial score (nSPS) is 10.9. The van der Waals surface area contributed by atoms with Gasteiger partial charge in [-0.25, -0.2) is 4.79 Å². The van der Waals surface area contributed by atoms with Crippen molar-refractivity contribution in [2.45, 2.75) is 51.8 Å². The molecule has 0 aliphatic carbocycles. The predicted molar refractivity (Wildman–Crippen MR) is 138 cm³/mol. The Morgan fingerprint density at radius 1 is 0.744 bits per heavy atom. The van der Waals surface area contributed by atoms with E-state index in [1.165, 1.54) is 0 Å². The van der Waals surface area contributed by atoms with Gasteiger partial charge in [0.1, 0.15) is 12.1 Å². The summed E-state index contributed by atoms with van der Waals surface area (Å²) in [5, 5.41) is 7.70. The number of rotatable bonds is 8. The topological polar surface area (TPSA) is 182 Å². The highest BCUT2D eigenvalue weighted by molar-refractivity contribution is 6.41. The third-order valence-electron chi connectivity index (χ3n) is 4.12. The number of halogens is 6. The molecule has 2 aromatic rings. The van der Waals surface area contributed by atoms with Gasteiger partial charge >= 0.3 is 30.0 Å². The fourth-order valence-corrected chi connectivity index (χ4v) is 2.27. The van der Waals surface area contributed by atoms with Crippen LogP contribution in [0.3, 0.4) is 0 Å². The van der Waals surface area contributed by atoms with Crippen LogP contribution in [0.15, 0.2) is 49.1 Å². The first-order valence-corrected chi connectivity index (χ1v) is 12.0. The van der Waals surface area contributed by atoms with Crippen LogP contribution in [0.1, 0.15) is 31.9 Å². The van der Waals surface area contributed by atoms with E-state index in [1.54, 1.807) is 51.6 Å². The molecule has 0 fully saturated rings. The van der Waals surface area contributed by atoms with Gasteiger partial charge in [0.2, 0.25) is 11.8 Å². The second kappa shape index (κ2) is 18.0. The van der Waals surface area contributed by atoms with Gasteiger partial charge in [-0.15, -0.1) is 0 Å². The molecule has 0 aromatic carbocycles. The molecule has 0 bridgehead atoms. The number of nitrogens with two attached hydrogens (primary N) is 1. The van der Waals surface area contributed by atoms with Crippen molar-refractivity contribution in [3.63, 3.8) is 0 Å². The Bertz CT molecular complexity index is 1170. The summed E-state index contributed by atoms with van der Waals surface area (Å²) in [6.07, 6.45) is -5.43. The maximum atomic E-state index is 11.5. The van der Waals surface area contributed by atoms with Crippen molar-refractivity contribution in [3.8, 4) is 0 Å². The minimum atomic E-state index is -5.77. The Balaban J connectivity index is 0.000000644. The van der Waals surface area contributed by atoms with Crippen LogP contribution in [-0.4, -0.2) is 70.5 Å². The molecule has 2 aromatic heterocycles. The number of pyridine rings is 2. The molecule has 0 aliphatic rings. The van der Waals surface area contributed by atoms with E-state index in [4.69, 9.17) is 10.5 Å². The van der Waals surface area contributed by atoms with Crippen LogP contribution < -0.4 is 21.7 Å². The molecule has 43 heavy (non-hydrogen) atoms. The molecule has 3 amide bonds. The first kappa shape index (κ1) is 38.4. The average molecular weight is 625 g/mol. The molecule has 0 unspecified atom stereocenters. The number of hydrogen-bond donors (Lipinski definition) is 4. The lowest BCUT2D eigenvalue weighted by Crippen LogP contribution is -2.39. The Kier molecular flexibility index (Phi) is 16.1. The third-order valence-corrected chi connectivity index (χ3v) is 4.12. The van der Waals surface area contributed by atoms with E-state index in [2.05, 4.69) is 25.9 Å². The van der Waals surface area contributed by atoms with Gasteiger partial charge in [-0.2, -0.15) is 26.3 Å². The van der Waals surface area contributed by atoms with E-state index in [0.717, 1.165) is 11.1 Å². The minimum Gasteiger partial charge on any atom is -0.444 e. The number of amides is 3. The molecule has 18 heteroatoms. The van der Waals surface area contributed by atoms with Crippen LogP contribution in [-0.2, 0) is 37.0 Å². The van der Waals surface area contributed by atoms with Crippen molar-refractivity contribution in [1.29, 1.82) is 0 Å². The van der Waals surface area contributed by atoms with Crippen molar-refractivity contribution >= 4 is 29.5 Å². The fourth-order valence-electron chi connectivity index (χ4n) is 2.27. The molecular formula is C25H30F6N6O6. The molecule has 2 rings (SSSR count). The summed E-state index contributed by atoms with van der Waals surface area (Å²) >= 11 is 0. The molecular weight excluding hydrogens is 594 g/mol. The van der Waals surface area contributed by atoms with Crippen LogP contribution in [0, 0.1) is 0 Å². The molecule has 0 saturated carbocycles. The lowest BCUT2D eigenvalue weighted by molar-refractivity contribution is -0.193. The maximum Gasteiger partial charge on any atom is 0.458 e. The summed E-state index contributed by atoms with van der Waals surface area (Å²) in [6, 6.07) is 7.36. The maximum absolute atomic E-state index is 11.5. The van der Waals surface area contributed by atoms with Gasteiger partial charge in [0.25, 0.3) is 0 Å². The number of ketones is 2. The highest BCUT2D eigenvalue weighted by Gasteiger charge is 2.54. The lowest BCUT2D eigenvalue weighted by atomic mass is 10.2. The van der Waals surface area contributed by atoms with Gasteiger partial charge in [-0.05, 0) is 44.0 Å². The molecule has 2 heterocycles. The van der Waals surface area contributed by atoms with Gasteiger partial charge in [-0.1, -0.05) is 12.1 Å². The Hall–Kier alpha value is -4.61. The molecule has 238 valence electrons. The molecule has 12 nitrogen and oxygen atoms in total. The monoisotopic (exact) mass is 624 g/mol. The summed E-state index contributed by atoms with van der Waals surface area (Å²) in [5.41, 5.74) is 6.40. The quantitative estimate of drug-likeness (QED) is 0.253. The number of carbonyl (C=O) groups is 5. The average Bonchev–Trinajstić information content (AvgIpc) is 2.92. The van der Waals surface area contributed by atoms with Crippen LogP contribution in [0.5, 0.6) is 0 Å². The smallest absolute Gasteiger partial charge is 0.444 e. The third kappa shape index (κ3) is 19.2. The van der Waals surface area contributed by atoms with E-state index in [9.17, 15) is 50.3 Å². The number of nitrogens with one attached hydrogen (secondary N) is 3. The van der Waals surface area contributed by atoms with Crippen molar-refractivity contribution in [3.05, 3.63) is 60.2 Å². The number of nitrogens with zero attached hydrogens (tertiary/aromatic N) is 2. The summed E-state index contributed by atoms with van der Waals surface area (Å²) in [4.78, 5) is 60.6. The van der Waals surface area contributed by atoms with Gasteiger partial charge < -0.3 is 26.4 Å². The lowest BCUT2D eigenvalue weighted by Gasteiger charge is -2.19. The van der Waals surface area contributed by atoms with Crippen LogP contribution >= 0.6 is 0 Å². The number of alkyl halides is 6. The number of hydrogen-bond acceptors (Lipinski definition) is 9. The van der Waals surface area contributed by atoms with Crippen LogP contribution in [0.25, 0.3) is 0 Å². The van der Waals surface area contributed by atoms with Crippen molar-refractivity contribution in [2.24, 2.45) is 5.73 Å². The van der Waals surface area contributed by atoms with Gasteiger partial charge in [-0.3, -0.25) is 29.1 Å². The van der Waals surface area contributed by atoms with Gasteiger partial charge in [0.05, 0.1) is 6.54 Å². The second-order valence-corrected chi connectivity index (χ2v) is 8.99. The summed E-state index contributed by atoms with van der Waals surface area (Å²) < 4.78 is 72.0. The Morgan fingerprint density at radius 2 is 1.16 bits per heavy atom. The van der Waals surface area contributed by atoms with Crippen LogP contribution in [0.2, 0.25) is 0 Å². The first-order chi connectivity index (χ1) is 19.8. The van der Waals surface area contributed by atoms with E-state index in [-0.39, 0.29) is 24.9 Å². The summed E-state index contributed by atoms with van der Waals surface area (Å²) in [7, 11) is 0. The van der Waals surface area contributed by atoms with Crippen molar-refractivity contribution < 1.29 is 55.1 Å². The zero-order chi connectivity index (χ0) is 33.3. The number of alkyl carbamates (subject to hydrolysis) is 1. The summed E-state index contributed by atoms with van der Waals surface area (Å²) in [5.74, 6) is -7.25. The Labute approximate surface area is 241 Å². The van der Waals surface area contributed by atoms with Crippen molar-refractivity contribution in [2.75, 3.05) is 13.1 Å². The predicted octanol–water partition coefficient (Wildman–Crippen LogP) is 2.13. The number of aromatic nitrogens is 2. The first-order valence-electron chi connectivity index (χ1n) is 12.0. The van der Waals surface area contributed by atoms with Crippen LogP contribution in [0.4, 0.5) is 31.1 Å². The molecule has 0 spiro atoms. The largest absolute Gasteiger partial charge is 0.458 e. The van der Waals surface area contributed by atoms with E-state index >= 15 is 0 Å². The molecule has 0 saturated heterocycles. The van der Waals surface area contributed by atoms with E-state index in [1.807, 2.05) is 18.2 Å². The van der Waals surface area contributed by atoms with E-state index < -0.39 is 35.6 Å². The molecule has 0 radical (unpaired) electrons. The van der Waals surface area contributed by atoms with Crippen molar-refractivity contribution in [1.82, 2.24) is 25.9 Å². The molecule has 5 N–H and O–H groups in total. The number of ether oxygens (including phenoxy) is 1. The van der Waals surface area contributed by atoms with Gasteiger partial charge in [0.15, 0.2) is 0 Å². The zero-order valence-electron chi connectivity index (χ0n) is 23.1. The van der Waals surface area contributed by atoms with E-state index in [0.29, 0.717) is 13.1 Å². The standard InChI is InChI=1S/C13H19N3O3.C8H11N3O.C4F6O2/c1-13(2,3)19-12(18)16-9-11(17)15-8-10-5-4-6-14-7-10;9-4-8(12)11-6-7-2-1-3-10-5-7;5-3(6,7)1(11)2(12)4(8,9)10/h4-7H,8-9H2,1-3H3,(H,15,17)(H,16,18);1-3,5H,4,6,9H2,(H,11,12);. The number of Topliss-reactive ketones (excluding diaryl/α,β-unsaturated/α-hetero) is 2. The Morgan fingerprint density at radius 3 is 1.49 bits per heavy atom.